The Balaban J connectivity index is 1.80. The number of likely N-dealkylation sites (tertiary alicyclic amines) is 1. The van der Waals surface area contributed by atoms with Crippen molar-refractivity contribution in [3.8, 4) is 0 Å². The molecule has 0 atom stereocenters. The fourth-order valence-corrected chi connectivity index (χ4v) is 3.95. The zero-order chi connectivity index (χ0) is 16.4. The number of benzene rings is 1. The molecule has 1 aromatic rings. The van der Waals surface area contributed by atoms with Crippen molar-refractivity contribution in [2.24, 2.45) is 0 Å². The van der Waals surface area contributed by atoms with Gasteiger partial charge in [0, 0.05) is 49.3 Å². The van der Waals surface area contributed by atoms with Crippen molar-refractivity contribution in [3.63, 3.8) is 0 Å². The molecule has 1 aromatic carbocycles. The van der Waals surface area contributed by atoms with Crippen LogP contribution in [0.4, 0.5) is 0 Å². The van der Waals surface area contributed by atoms with E-state index >= 15 is 0 Å². The molecule has 1 fully saturated rings. The third-order valence-electron chi connectivity index (χ3n) is 4.96. The second-order valence-electron chi connectivity index (χ2n) is 7.21. The van der Waals surface area contributed by atoms with Gasteiger partial charge in [0.05, 0.1) is 11.4 Å². The first-order valence-corrected chi connectivity index (χ1v) is 9.21. The van der Waals surface area contributed by atoms with Crippen molar-refractivity contribution in [2.75, 3.05) is 13.1 Å². The van der Waals surface area contributed by atoms with Gasteiger partial charge in [0.2, 0.25) is 0 Å². The Hall–Kier alpha value is -0.990. The summed E-state index contributed by atoms with van der Waals surface area (Å²) in [7, 11) is 0. The highest BCUT2D eigenvalue weighted by Crippen LogP contribution is 2.30. The van der Waals surface area contributed by atoms with Crippen LogP contribution in [0.1, 0.15) is 45.1 Å². The fourth-order valence-electron chi connectivity index (χ4n) is 3.48. The number of nitrogens with zero attached hydrogens (tertiary/aromatic N) is 2. The van der Waals surface area contributed by atoms with E-state index < -0.39 is 0 Å². The van der Waals surface area contributed by atoms with Crippen LogP contribution in [-0.4, -0.2) is 34.3 Å². The number of rotatable bonds is 3. The molecule has 0 bridgehead atoms. The molecule has 124 valence electrons. The summed E-state index contributed by atoms with van der Waals surface area (Å²) in [5.41, 5.74) is 2.69. The van der Waals surface area contributed by atoms with Crippen molar-refractivity contribution in [1.82, 2.24) is 4.90 Å². The highest BCUT2D eigenvalue weighted by molar-refractivity contribution is 6.35. The molecule has 0 N–H and O–H groups in total. The van der Waals surface area contributed by atoms with Crippen LogP contribution in [0.25, 0.3) is 0 Å². The van der Waals surface area contributed by atoms with Crippen LogP contribution in [0, 0.1) is 0 Å². The van der Waals surface area contributed by atoms with Crippen LogP contribution in [-0.2, 0) is 6.54 Å². The minimum atomic E-state index is 0.0878. The van der Waals surface area contributed by atoms with Gasteiger partial charge in [0.25, 0.3) is 0 Å². The molecule has 23 heavy (non-hydrogen) atoms. The lowest BCUT2D eigenvalue weighted by atomic mass is 9.92. The summed E-state index contributed by atoms with van der Waals surface area (Å²) in [6.45, 7) is 7.85. The zero-order valence-corrected chi connectivity index (χ0v) is 15.5. The van der Waals surface area contributed by atoms with Gasteiger partial charge >= 0.3 is 0 Å². The Morgan fingerprint density at radius 3 is 2.52 bits per heavy atom. The van der Waals surface area contributed by atoms with E-state index in [1.54, 1.807) is 0 Å². The molecule has 4 heteroatoms. The molecule has 2 nitrogen and oxygen atoms in total. The monoisotopic (exact) mass is 351 g/mol. The Labute approximate surface area is 149 Å². The molecule has 0 saturated carbocycles. The molecule has 2 heterocycles. The maximum Gasteiger partial charge on any atom is 0.170 e. The lowest BCUT2D eigenvalue weighted by Gasteiger charge is -2.36. The minimum Gasteiger partial charge on any atom is -0.374 e. The van der Waals surface area contributed by atoms with Gasteiger partial charge in [-0.2, -0.15) is 0 Å². The number of hydrogen-bond acceptors (Lipinski definition) is 1. The molecule has 3 rings (SSSR count). The minimum absolute atomic E-state index is 0.0878. The van der Waals surface area contributed by atoms with E-state index in [9.17, 15) is 0 Å². The van der Waals surface area contributed by atoms with E-state index in [0.717, 1.165) is 23.6 Å². The Morgan fingerprint density at radius 2 is 1.87 bits per heavy atom. The maximum absolute atomic E-state index is 6.34. The average molecular weight is 352 g/mol. The molecule has 0 aromatic heterocycles. The SMILES string of the molecule is CC1(C)CC(N2CCCCC2)=CC=[N+]1Cc1ccc(Cl)cc1Cl. The molecule has 1 saturated heterocycles. The van der Waals surface area contributed by atoms with Gasteiger partial charge in [-0.3, -0.25) is 0 Å². The first-order chi connectivity index (χ1) is 11.0. The first kappa shape index (κ1) is 16.9. The fraction of sp³-hybridized carbons (Fsp3) is 0.526. The predicted molar refractivity (Wildman–Crippen MR) is 98.7 cm³/mol. The van der Waals surface area contributed by atoms with Gasteiger partial charge in [-0.25, -0.2) is 4.58 Å². The summed E-state index contributed by atoms with van der Waals surface area (Å²) < 4.78 is 2.38. The van der Waals surface area contributed by atoms with E-state index in [0.29, 0.717) is 5.02 Å². The molecule has 2 aliphatic heterocycles. The van der Waals surface area contributed by atoms with E-state index in [1.165, 1.54) is 38.0 Å². The molecule has 2 aliphatic rings. The van der Waals surface area contributed by atoms with Crippen LogP contribution < -0.4 is 0 Å². The van der Waals surface area contributed by atoms with Crippen LogP contribution in [0.5, 0.6) is 0 Å². The third-order valence-corrected chi connectivity index (χ3v) is 5.54. The summed E-state index contributed by atoms with van der Waals surface area (Å²) in [5, 5.41) is 1.43. The second-order valence-corrected chi connectivity index (χ2v) is 8.05. The van der Waals surface area contributed by atoms with Crippen molar-refractivity contribution >= 4 is 29.4 Å². The van der Waals surface area contributed by atoms with Gasteiger partial charge < -0.3 is 4.90 Å². The number of allylic oxidation sites excluding steroid dienone is 1. The Bertz CT molecular complexity index is 641. The van der Waals surface area contributed by atoms with Crippen LogP contribution >= 0.6 is 23.2 Å². The molecule has 0 aliphatic carbocycles. The molecular formula is C19H25Cl2N2+. The summed E-state index contributed by atoms with van der Waals surface area (Å²) in [5.74, 6) is 0. The van der Waals surface area contributed by atoms with Crippen molar-refractivity contribution in [1.29, 1.82) is 0 Å². The van der Waals surface area contributed by atoms with E-state index in [-0.39, 0.29) is 5.54 Å². The molecular weight excluding hydrogens is 327 g/mol. The maximum atomic E-state index is 6.34. The summed E-state index contributed by atoms with van der Waals surface area (Å²) in [6, 6.07) is 5.76. The largest absolute Gasteiger partial charge is 0.374 e. The van der Waals surface area contributed by atoms with Gasteiger partial charge in [-0.15, -0.1) is 0 Å². The third kappa shape index (κ3) is 3.92. The number of hydrogen-bond donors (Lipinski definition) is 0. The normalized spacial score (nSPS) is 21.0. The van der Waals surface area contributed by atoms with E-state index in [1.807, 2.05) is 18.2 Å². The summed E-state index contributed by atoms with van der Waals surface area (Å²) in [6.07, 6.45) is 9.62. The quantitative estimate of drug-likeness (QED) is 0.684. The predicted octanol–water partition coefficient (Wildman–Crippen LogP) is 5.13. The summed E-state index contributed by atoms with van der Waals surface area (Å²) in [4.78, 5) is 2.56. The molecule has 0 amide bonds. The lowest BCUT2D eigenvalue weighted by molar-refractivity contribution is -0.612. The van der Waals surface area contributed by atoms with Crippen LogP contribution in [0.15, 0.2) is 30.0 Å². The van der Waals surface area contributed by atoms with E-state index in [2.05, 4.69) is 35.6 Å². The molecule has 0 radical (unpaired) electrons. The van der Waals surface area contributed by atoms with Crippen molar-refractivity contribution < 1.29 is 4.58 Å². The first-order valence-electron chi connectivity index (χ1n) is 8.45. The molecule has 0 unspecified atom stereocenters. The van der Waals surface area contributed by atoms with Crippen molar-refractivity contribution in [2.45, 2.75) is 51.6 Å². The Morgan fingerprint density at radius 1 is 1.13 bits per heavy atom. The van der Waals surface area contributed by atoms with Gasteiger partial charge in [-0.1, -0.05) is 23.2 Å². The van der Waals surface area contributed by atoms with Gasteiger partial charge in [0.15, 0.2) is 18.3 Å². The highest BCUT2D eigenvalue weighted by Gasteiger charge is 2.35. The lowest BCUT2D eigenvalue weighted by Crippen LogP contribution is -2.43. The second kappa shape index (κ2) is 6.86. The topological polar surface area (TPSA) is 6.25 Å². The average Bonchev–Trinajstić information content (AvgIpc) is 2.52. The van der Waals surface area contributed by atoms with Gasteiger partial charge in [0.1, 0.15) is 0 Å². The van der Waals surface area contributed by atoms with Crippen LogP contribution in [0.2, 0.25) is 10.0 Å². The standard InChI is InChI=1S/C19H25Cl2N2/c1-19(2)13-17(22-9-4-3-5-10-22)8-11-23(19)14-15-6-7-16(20)12-18(15)21/h6-8,11-12H,3-5,9-10,13-14H2,1-2H3/q+1. The smallest absolute Gasteiger partial charge is 0.170 e. The number of piperidine rings is 1. The zero-order valence-electron chi connectivity index (χ0n) is 14.0. The highest BCUT2D eigenvalue weighted by atomic mass is 35.5. The summed E-state index contributed by atoms with van der Waals surface area (Å²) >= 11 is 12.3. The number of halogens is 2. The van der Waals surface area contributed by atoms with Crippen LogP contribution in [0.3, 0.4) is 0 Å². The van der Waals surface area contributed by atoms with Crippen molar-refractivity contribution in [3.05, 3.63) is 45.6 Å². The van der Waals surface area contributed by atoms with E-state index in [4.69, 9.17) is 23.2 Å². The Kier molecular flexibility index (Phi) is 5.03. The van der Waals surface area contributed by atoms with Gasteiger partial charge in [-0.05, 0) is 37.5 Å². The molecule has 0 spiro atoms.